The largest absolute Gasteiger partial charge is 0.378 e. The first-order valence-corrected chi connectivity index (χ1v) is 9.01. The number of amides is 1. The van der Waals surface area contributed by atoms with Gasteiger partial charge in [0.2, 0.25) is 5.91 Å². The van der Waals surface area contributed by atoms with Crippen LogP contribution in [0.25, 0.3) is 10.8 Å². The molecule has 1 aliphatic rings. The molecule has 7 heteroatoms. The van der Waals surface area contributed by atoms with Crippen molar-refractivity contribution >= 4 is 17.2 Å². The summed E-state index contributed by atoms with van der Waals surface area (Å²) in [4.78, 5) is 25.1. The average molecular weight is 346 g/mol. The standard InChI is InChI=1S/C17H22N4O2S/c1-4-23-13-9-12(17(13,2)3)21-14(22)8-11-10-24-16(20-11)15-18-6-5-7-19-15/h5-7,10,12-13H,4,8-9H2,1-3H3,(H,21,22)/t12-,13-/m0/s1. The molecule has 2 heterocycles. The van der Waals surface area contributed by atoms with Crippen molar-refractivity contribution in [2.24, 2.45) is 5.41 Å². The summed E-state index contributed by atoms with van der Waals surface area (Å²) in [5.74, 6) is 0.586. The molecule has 0 spiro atoms. The summed E-state index contributed by atoms with van der Waals surface area (Å²) in [7, 11) is 0. The highest BCUT2D eigenvalue weighted by Crippen LogP contribution is 2.42. The van der Waals surface area contributed by atoms with E-state index in [1.807, 2.05) is 12.3 Å². The van der Waals surface area contributed by atoms with Crippen LogP contribution in [0.4, 0.5) is 0 Å². The van der Waals surface area contributed by atoms with Crippen molar-refractivity contribution in [3.8, 4) is 10.8 Å². The Hall–Kier alpha value is -1.86. The Morgan fingerprint density at radius 3 is 2.83 bits per heavy atom. The Labute approximate surface area is 145 Å². The SMILES string of the molecule is CCO[C@H]1C[C@H](NC(=O)Cc2csc(-c3ncccn3)n2)C1(C)C. The molecule has 2 aromatic heterocycles. The van der Waals surface area contributed by atoms with Gasteiger partial charge in [-0.05, 0) is 19.4 Å². The topological polar surface area (TPSA) is 77.0 Å². The average Bonchev–Trinajstić information content (AvgIpc) is 3.03. The minimum atomic E-state index is -0.0310. The first kappa shape index (κ1) is 17.0. The molecule has 128 valence electrons. The van der Waals surface area contributed by atoms with Crippen LogP contribution < -0.4 is 5.32 Å². The number of hydrogen-bond donors (Lipinski definition) is 1. The second kappa shape index (κ2) is 6.94. The first-order chi connectivity index (χ1) is 11.5. The summed E-state index contributed by atoms with van der Waals surface area (Å²) in [6, 6.07) is 1.92. The number of hydrogen-bond acceptors (Lipinski definition) is 6. The lowest BCUT2D eigenvalue weighted by Crippen LogP contribution is -2.62. The van der Waals surface area contributed by atoms with Crippen LogP contribution >= 0.6 is 11.3 Å². The lowest BCUT2D eigenvalue weighted by Gasteiger charge is -2.51. The van der Waals surface area contributed by atoms with Crippen LogP contribution in [0.15, 0.2) is 23.8 Å². The molecule has 3 rings (SSSR count). The fraction of sp³-hybridized carbons (Fsp3) is 0.529. The van der Waals surface area contributed by atoms with Gasteiger partial charge in [-0.25, -0.2) is 15.0 Å². The molecule has 24 heavy (non-hydrogen) atoms. The van der Waals surface area contributed by atoms with Crippen LogP contribution in [0.3, 0.4) is 0 Å². The molecule has 0 unspecified atom stereocenters. The molecule has 0 saturated heterocycles. The van der Waals surface area contributed by atoms with Crippen LogP contribution in [-0.4, -0.2) is 39.6 Å². The molecule has 1 amide bonds. The zero-order chi connectivity index (χ0) is 17.2. The van der Waals surface area contributed by atoms with Crippen molar-refractivity contribution in [1.29, 1.82) is 0 Å². The van der Waals surface area contributed by atoms with E-state index in [4.69, 9.17) is 4.74 Å². The normalized spacial score (nSPS) is 22.0. The molecular weight excluding hydrogens is 324 g/mol. The molecule has 1 saturated carbocycles. The molecule has 2 atom stereocenters. The number of ether oxygens (including phenoxy) is 1. The third-order valence-electron chi connectivity index (χ3n) is 4.53. The van der Waals surface area contributed by atoms with Crippen LogP contribution in [0.5, 0.6) is 0 Å². The Morgan fingerprint density at radius 2 is 2.17 bits per heavy atom. The summed E-state index contributed by atoms with van der Waals surface area (Å²) < 4.78 is 5.70. The third-order valence-corrected chi connectivity index (χ3v) is 5.42. The minimum Gasteiger partial charge on any atom is -0.378 e. The van der Waals surface area contributed by atoms with E-state index in [0.717, 1.165) is 17.1 Å². The van der Waals surface area contributed by atoms with Crippen LogP contribution in [0, 0.1) is 5.41 Å². The summed E-state index contributed by atoms with van der Waals surface area (Å²) in [5.41, 5.74) is 0.718. The van der Waals surface area contributed by atoms with E-state index < -0.39 is 0 Å². The highest BCUT2D eigenvalue weighted by atomic mass is 32.1. The summed E-state index contributed by atoms with van der Waals surface area (Å²) in [6.07, 6.45) is 4.73. The second-order valence-corrected chi connectivity index (χ2v) is 7.37. The van der Waals surface area contributed by atoms with Gasteiger partial charge in [0.1, 0.15) is 0 Å². The highest BCUT2D eigenvalue weighted by molar-refractivity contribution is 7.13. The van der Waals surface area contributed by atoms with Crippen molar-refractivity contribution in [3.63, 3.8) is 0 Å². The molecule has 0 radical (unpaired) electrons. The van der Waals surface area contributed by atoms with Crippen LogP contribution in [0.2, 0.25) is 0 Å². The van der Waals surface area contributed by atoms with Crippen molar-refractivity contribution in [2.45, 2.75) is 45.8 Å². The predicted molar refractivity (Wildman–Crippen MR) is 92.6 cm³/mol. The number of rotatable bonds is 6. The van der Waals surface area contributed by atoms with E-state index in [-0.39, 0.29) is 29.9 Å². The quantitative estimate of drug-likeness (QED) is 0.869. The summed E-state index contributed by atoms with van der Waals surface area (Å²) >= 11 is 1.45. The van der Waals surface area contributed by atoms with Gasteiger partial charge < -0.3 is 10.1 Å². The van der Waals surface area contributed by atoms with E-state index in [1.54, 1.807) is 18.5 Å². The number of thiazole rings is 1. The van der Waals surface area contributed by atoms with Gasteiger partial charge in [-0.15, -0.1) is 11.3 Å². The van der Waals surface area contributed by atoms with Crippen LogP contribution in [0.1, 0.15) is 32.9 Å². The molecule has 1 aliphatic carbocycles. The van der Waals surface area contributed by atoms with Crippen molar-refractivity contribution in [3.05, 3.63) is 29.5 Å². The highest BCUT2D eigenvalue weighted by Gasteiger charge is 2.49. The predicted octanol–water partition coefficient (Wildman–Crippen LogP) is 2.46. The fourth-order valence-electron chi connectivity index (χ4n) is 2.92. The fourth-order valence-corrected chi connectivity index (χ4v) is 3.69. The number of aromatic nitrogens is 3. The number of carbonyl (C=O) groups is 1. The second-order valence-electron chi connectivity index (χ2n) is 6.51. The summed E-state index contributed by atoms with van der Waals surface area (Å²) in [5, 5.41) is 5.73. The maximum absolute atomic E-state index is 12.3. The van der Waals surface area contributed by atoms with E-state index in [0.29, 0.717) is 12.4 Å². The lowest BCUT2D eigenvalue weighted by atomic mass is 9.64. The van der Waals surface area contributed by atoms with Gasteiger partial charge in [0.05, 0.1) is 18.2 Å². The number of nitrogens with one attached hydrogen (secondary N) is 1. The summed E-state index contributed by atoms with van der Waals surface area (Å²) in [6.45, 7) is 6.97. The molecule has 0 aliphatic heterocycles. The molecular formula is C17H22N4O2S. The smallest absolute Gasteiger partial charge is 0.226 e. The molecule has 2 aromatic rings. The Bertz CT molecular complexity index is 702. The lowest BCUT2D eigenvalue weighted by molar-refractivity contribution is -0.136. The Balaban J connectivity index is 1.56. The van der Waals surface area contributed by atoms with E-state index >= 15 is 0 Å². The monoisotopic (exact) mass is 346 g/mol. The Morgan fingerprint density at radius 1 is 1.42 bits per heavy atom. The zero-order valence-electron chi connectivity index (χ0n) is 14.2. The number of carbonyl (C=O) groups excluding carboxylic acids is 1. The van der Waals surface area contributed by atoms with Crippen molar-refractivity contribution < 1.29 is 9.53 Å². The minimum absolute atomic E-state index is 0.00569. The molecule has 6 nitrogen and oxygen atoms in total. The first-order valence-electron chi connectivity index (χ1n) is 8.13. The van der Waals surface area contributed by atoms with Crippen LogP contribution in [-0.2, 0) is 16.0 Å². The molecule has 1 fully saturated rings. The van der Waals surface area contributed by atoms with E-state index in [1.165, 1.54) is 11.3 Å². The van der Waals surface area contributed by atoms with Gasteiger partial charge in [-0.3, -0.25) is 4.79 Å². The molecule has 0 aromatic carbocycles. The van der Waals surface area contributed by atoms with Gasteiger partial charge >= 0.3 is 0 Å². The van der Waals surface area contributed by atoms with Gasteiger partial charge in [-0.2, -0.15) is 0 Å². The number of nitrogens with zero attached hydrogens (tertiary/aromatic N) is 3. The zero-order valence-corrected chi connectivity index (χ0v) is 15.0. The van der Waals surface area contributed by atoms with E-state index in [9.17, 15) is 4.79 Å². The van der Waals surface area contributed by atoms with Crippen molar-refractivity contribution in [1.82, 2.24) is 20.3 Å². The molecule has 0 bridgehead atoms. The van der Waals surface area contributed by atoms with Gasteiger partial charge in [0, 0.05) is 35.8 Å². The Kier molecular flexibility index (Phi) is 4.91. The van der Waals surface area contributed by atoms with Gasteiger partial charge in [-0.1, -0.05) is 13.8 Å². The maximum Gasteiger partial charge on any atom is 0.226 e. The molecule has 1 N–H and O–H groups in total. The third kappa shape index (κ3) is 3.47. The van der Waals surface area contributed by atoms with Gasteiger partial charge in [0.15, 0.2) is 10.8 Å². The maximum atomic E-state index is 12.3. The van der Waals surface area contributed by atoms with E-state index in [2.05, 4.69) is 34.1 Å². The van der Waals surface area contributed by atoms with Crippen molar-refractivity contribution in [2.75, 3.05) is 6.61 Å². The van der Waals surface area contributed by atoms with Gasteiger partial charge in [0.25, 0.3) is 0 Å².